The third kappa shape index (κ3) is 2.06. The number of sulfonamides is 1. The van der Waals surface area contributed by atoms with Crippen molar-refractivity contribution < 1.29 is 8.42 Å². The molecule has 2 atom stereocenters. The fourth-order valence-electron chi connectivity index (χ4n) is 3.11. The molecular formula is C11H15BrN2O2S2. The average Bonchev–Trinajstić information content (AvgIpc) is 2.83. The second-order valence-corrected chi connectivity index (χ2v) is 9.54. The van der Waals surface area contributed by atoms with E-state index in [0.29, 0.717) is 4.21 Å². The van der Waals surface area contributed by atoms with Crippen LogP contribution in [0.4, 0.5) is 0 Å². The van der Waals surface area contributed by atoms with E-state index in [1.165, 1.54) is 11.3 Å². The van der Waals surface area contributed by atoms with E-state index in [1.54, 1.807) is 16.4 Å². The third-order valence-corrected chi connectivity index (χ3v) is 7.88. The molecule has 0 amide bonds. The summed E-state index contributed by atoms with van der Waals surface area (Å²) < 4.78 is 28.3. The number of rotatable bonds is 2. The Morgan fingerprint density at radius 3 is 2.39 bits per heavy atom. The van der Waals surface area contributed by atoms with E-state index in [9.17, 15) is 8.42 Å². The first kappa shape index (κ1) is 13.1. The minimum Gasteiger partial charge on any atom is -0.328 e. The highest BCUT2D eigenvalue weighted by Crippen LogP contribution is 2.40. The van der Waals surface area contributed by atoms with E-state index >= 15 is 0 Å². The van der Waals surface area contributed by atoms with E-state index in [0.717, 1.165) is 29.5 Å². The molecule has 100 valence electrons. The van der Waals surface area contributed by atoms with Gasteiger partial charge in [0.05, 0.1) is 3.79 Å². The Bertz CT molecular complexity index is 543. The van der Waals surface area contributed by atoms with Gasteiger partial charge in [-0.15, -0.1) is 11.3 Å². The van der Waals surface area contributed by atoms with E-state index in [1.807, 2.05) is 0 Å². The predicted molar refractivity (Wildman–Crippen MR) is 75.1 cm³/mol. The molecule has 2 fully saturated rings. The Morgan fingerprint density at radius 1 is 1.28 bits per heavy atom. The van der Waals surface area contributed by atoms with Crippen LogP contribution in [0.15, 0.2) is 20.1 Å². The molecule has 3 heterocycles. The van der Waals surface area contributed by atoms with Crippen LogP contribution in [0, 0.1) is 0 Å². The van der Waals surface area contributed by atoms with Crippen LogP contribution >= 0.6 is 27.3 Å². The molecular weight excluding hydrogens is 336 g/mol. The smallest absolute Gasteiger partial charge is 0.253 e. The standard InChI is InChI=1S/C11H15BrN2O2S2/c12-10-3-4-11(17-10)18(15,16)14-8-1-2-9(14)6-7(13)5-8/h3-4,7-9H,1-2,5-6,13H2. The van der Waals surface area contributed by atoms with Crippen LogP contribution in [-0.2, 0) is 10.0 Å². The summed E-state index contributed by atoms with van der Waals surface area (Å²) >= 11 is 4.60. The van der Waals surface area contributed by atoms with Gasteiger partial charge in [0, 0.05) is 18.1 Å². The lowest BCUT2D eigenvalue weighted by atomic mass is 10.0. The van der Waals surface area contributed by atoms with Crippen LogP contribution in [0.3, 0.4) is 0 Å². The van der Waals surface area contributed by atoms with Gasteiger partial charge in [-0.1, -0.05) is 0 Å². The van der Waals surface area contributed by atoms with Crippen molar-refractivity contribution in [2.45, 2.75) is 48.0 Å². The lowest BCUT2D eigenvalue weighted by Gasteiger charge is -2.36. The molecule has 0 aliphatic carbocycles. The van der Waals surface area contributed by atoms with Gasteiger partial charge >= 0.3 is 0 Å². The van der Waals surface area contributed by atoms with Crippen LogP contribution < -0.4 is 5.73 Å². The monoisotopic (exact) mass is 350 g/mol. The van der Waals surface area contributed by atoms with Gasteiger partial charge in [0.15, 0.2) is 0 Å². The maximum Gasteiger partial charge on any atom is 0.253 e. The molecule has 2 aliphatic heterocycles. The first-order chi connectivity index (χ1) is 8.48. The maximum absolute atomic E-state index is 12.6. The zero-order chi connectivity index (χ0) is 12.9. The highest BCUT2D eigenvalue weighted by atomic mass is 79.9. The number of hydrogen-bond donors (Lipinski definition) is 1. The Labute approximate surface area is 119 Å². The van der Waals surface area contributed by atoms with Crippen molar-refractivity contribution >= 4 is 37.3 Å². The minimum atomic E-state index is -3.33. The van der Waals surface area contributed by atoms with Gasteiger partial charge < -0.3 is 5.73 Å². The molecule has 7 heteroatoms. The van der Waals surface area contributed by atoms with Crippen LogP contribution in [0.2, 0.25) is 0 Å². The summed E-state index contributed by atoms with van der Waals surface area (Å²) in [5.74, 6) is 0. The average molecular weight is 351 g/mol. The van der Waals surface area contributed by atoms with Crippen molar-refractivity contribution in [1.29, 1.82) is 0 Å². The second-order valence-electron chi connectivity index (χ2n) is 5.01. The third-order valence-electron chi connectivity index (χ3n) is 3.78. The first-order valence-corrected chi connectivity index (χ1v) is 9.08. The molecule has 2 N–H and O–H groups in total. The Morgan fingerprint density at radius 2 is 1.89 bits per heavy atom. The van der Waals surface area contributed by atoms with Gasteiger partial charge in [0.25, 0.3) is 10.0 Å². The number of hydrogen-bond acceptors (Lipinski definition) is 4. The van der Waals surface area contributed by atoms with Crippen molar-refractivity contribution in [2.75, 3.05) is 0 Å². The molecule has 4 nitrogen and oxygen atoms in total. The zero-order valence-electron chi connectivity index (χ0n) is 9.75. The number of halogens is 1. The lowest BCUT2D eigenvalue weighted by Crippen LogP contribution is -2.49. The molecule has 2 aliphatic rings. The normalized spacial score (nSPS) is 32.9. The van der Waals surface area contributed by atoms with Crippen molar-refractivity contribution in [1.82, 2.24) is 4.31 Å². The molecule has 18 heavy (non-hydrogen) atoms. The molecule has 0 aromatic carbocycles. The summed E-state index contributed by atoms with van der Waals surface area (Å²) in [6, 6.07) is 3.82. The maximum atomic E-state index is 12.6. The Balaban J connectivity index is 1.96. The summed E-state index contributed by atoms with van der Waals surface area (Å²) in [4.78, 5) is 0. The molecule has 0 saturated carbocycles. The summed E-state index contributed by atoms with van der Waals surface area (Å²) in [5.41, 5.74) is 5.98. The molecule has 1 aromatic heterocycles. The molecule has 1 aromatic rings. The van der Waals surface area contributed by atoms with Crippen molar-refractivity contribution in [3.05, 3.63) is 15.9 Å². The number of thiophene rings is 1. The highest BCUT2D eigenvalue weighted by Gasteiger charge is 2.46. The first-order valence-electron chi connectivity index (χ1n) is 6.03. The number of fused-ring (bicyclic) bond motifs is 2. The SMILES string of the molecule is NC1CC2CCC(C1)N2S(=O)(=O)c1ccc(Br)s1. The predicted octanol–water partition coefficient (Wildman–Crippen LogP) is 2.15. The van der Waals surface area contributed by atoms with Crippen LogP contribution in [0.5, 0.6) is 0 Å². The van der Waals surface area contributed by atoms with Gasteiger partial charge in [0.2, 0.25) is 0 Å². The van der Waals surface area contributed by atoms with E-state index in [-0.39, 0.29) is 18.1 Å². The van der Waals surface area contributed by atoms with E-state index < -0.39 is 10.0 Å². The highest BCUT2D eigenvalue weighted by molar-refractivity contribution is 9.11. The van der Waals surface area contributed by atoms with Gasteiger partial charge in [0.1, 0.15) is 4.21 Å². The van der Waals surface area contributed by atoms with Crippen molar-refractivity contribution in [3.63, 3.8) is 0 Å². The minimum absolute atomic E-state index is 0.102. The van der Waals surface area contributed by atoms with Crippen LogP contribution in [-0.4, -0.2) is 30.8 Å². The number of nitrogens with two attached hydrogens (primary N) is 1. The molecule has 0 spiro atoms. The van der Waals surface area contributed by atoms with Crippen molar-refractivity contribution in [3.8, 4) is 0 Å². The number of piperidine rings is 1. The molecule has 0 radical (unpaired) electrons. The summed E-state index contributed by atoms with van der Waals surface area (Å²) in [7, 11) is -3.33. The molecule has 2 saturated heterocycles. The lowest BCUT2D eigenvalue weighted by molar-refractivity contribution is 0.227. The van der Waals surface area contributed by atoms with Gasteiger partial charge in [-0.3, -0.25) is 0 Å². The topological polar surface area (TPSA) is 63.4 Å². The van der Waals surface area contributed by atoms with E-state index in [2.05, 4.69) is 15.9 Å². The van der Waals surface area contributed by atoms with E-state index in [4.69, 9.17) is 5.73 Å². The Hall–Kier alpha value is 0.0500. The van der Waals surface area contributed by atoms with Gasteiger partial charge in [-0.05, 0) is 53.7 Å². The fraction of sp³-hybridized carbons (Fsp3) is 0.636. The van der Waals surface area contributed by atoms with Gasteiger partial charge in [-0.25, -0.2) is 8.42 Å². The van der Waals surface area contributed by atoms with Crippen LogP contribution in [0.25, 0.3) is 0 Å². The van der Waals surface area contributed by atoms with Gasteiger partial charge in [-0.2, -0.15) is 4.31 Å². The second kappa shape index (κ2) is 4.56. The fourth-order valence-corrected chi connectivity index (χ4v) is 7.11. The largest absolute Gasteiger partial charge is 0.328 e. The summed E-state index contributed by atoms with van der Waals surface area (Å²) in [6.07, 6.45) is 3.48. The molecule has 3 rings (SSSR count). The molecule has 2 unspecified atom stereocenters. The Kier molecular flexibility index (Phi) is 3.30. The zero-order valence-corrected chi connectivity index (χ0v) is 13.0. The molecule has 2 bridgehead atoms. The van der Waals surface area contributed by atoms with Crippen LogP contribution in [0.1, 0.15) is 25.7 Å². The summed E-state index contributed by atoms with van der Waals surface area (Å²) in [6.45, 7) is 0. The summed E-state index contributed by atoms with van der Waals surface area (Å²) in [5, 5.41) is 0. The number of nitrogens with zero attached hydrogens (tertiary/aromatic N) is 1. The quantitative estimate of drug-likeness (QED) is 0.888. The van der Waals surface area contributed by atoms with Crippen molar-refractivity contribution in [2.24, 2.45) is 5.73 Å².